The van der Waals surface area contributed by atoms with Gasteiger partial charge in [0.15, 0.2) is 0 Å². The maximum Gasteiger partial charge on any atom is 0.263 e. The van der Waals surface area contributed by atoms with Crippen LogP contribution in [0.4, 0.5) is 0 Å². The lowest BCUT2D eigenvalue weighted by Gasteiger charge is -2.17. The van der Waals surface area contributed by atoms with Crippen LogP contribution >= 0.6 is 22.9 Å². The summed E-state index contributed by atoms with van der Waals surface area (Å²) in [5, 5.41) is 1.46. The molecule has 0 radical (unpaired) electrons. The fraction of sp³-hybridized carbons (Fsp3) is 0.333. The summed E-state index contributed by atoms with van der Waals surface area (Å²) in [6.07, 6.45) is 9.18. The number of hydrogen-bond donors (Lipinski definition) is 0. The predicted octanol–water partition coefficient (Wildman–Crippen LogP) is 4.46. The Bertz CT molecular complexity index is 1090. The van der Waals surface area contributed by atoms with Crippen molar-refractivity contribution in [3.05, 3.63) is 61.5 Å². The molecule has 0 bridgehead atoms. The Morgan fingerprint density at radius 2 is 2.31 bits per heavy atom. The second-order valence-corrected chi connectivity index (χ2v) is 8.48. The summed E-state index contributed by atoms with van der Waals surface area (Å²) >= 11 is 7.77. The number of hydrogen-bond acceptors (Lipinski definition) is 3. The molecule has 1 aliphatic rings. The zero-order valence-electron chi connectivity index (χ0n) is 14.6. The molecule has 0 amide bonds. The average molecular weight is 383 g/mol. The van der Waals surface area contributed by atoms with Gasteiger partial charge in [0.05, 0.1) is 11.9 Å². The fourth-order valence-electron chi connectivity index (χ4n) is 3.68. The van der Waals surface area contributed by atoms with Crippen molar-refractivity contribution in [2.45, 2.75) is 39.2 Å². The molecule has 1 atom stereocenters. The Hall–Kier alpha value is -2.09. The van der Waals surface area contributed by atoms with Crippen molar-refractivity contribution >= 4 is 33.2 Å². The summed E-state index contributed by atoms with van der Waals surface area (Å²) in [4.78, 5) is 20.2. The maximum absolute atomic E-state index is 13.2. The first-order valence-corrected chi connectivity index (χ1v) is 9.98. The van der Waals surface area contributed by atoms with Crippen molar-refractivity contribution in [3.8, 4) is 12.3 Å². The third kappa shape index (κ3) is 3.06. The molecule has 0 saturated carbocycles. The summed E-state index contributed by atoms with van der Waals surface area (Å²) in [5.74, 6) is 3.97. The third-order valence-electron chi connectivity index (χ3n) is 4.99. The highest BCUT2D eigenvalue weighted by Gasteiger charge is 2.24. The molecule has 3 aromatic rings. The van der Waals surface area contributed by atoms with Crippen LogP contribution in [0.1, 0.15) is 35.2 Å². The SMILES string of the molecule is C#CCn1c(Cc2cccc(Cl)c2)nc2sc3c(c2c1=O)CCC(C)C3. The molecule has 1 aliphatic carbocycles. The first-order valence-electron chi connectivity index (χ1n) is 8.78. The van der Waals surface area contributed by atoms with Crippen LogP contribution in [0.15, 0.2) is 29.1 Å². The van der Waals surface area contributed by atoms with Crippen LogP contribution in [0.2, 0.25) is 5.02 Å². The lowest BCUT2D eigenvalue weighted by molar-refractivity contribution is 0.509. The molecule has 5 heteroatoms. The van der Waals surface area contributed by atoms with E-state index in [1.54, 1.807) is 15.9 Å². The fourth-order valence-corrected chi connectivity index (χ4v) is 5.29. The van der Waals surface area contributed by atoms with E-state index in [0.717, 1.165) is 35.0 Å². The van der Waals surface area contributed by atoms with E-state index in [4.69, 9.17) is 23.0 Å². The van der Waals surface area contributed by atoms with E-state index in [9.17, 15) is 4.79 Å². The number of fused-ring (bicyclic) bond motifs is 3. The predicted molar refractivity (Wildman–Crippen MR) is 108 cm³/mol. The summed E-state index contributed by atoms with van der Waals surface area (Å²) < 4.78 is 1.65. The molecule has 26 heavy (non-hydrogen) atoms. The molecule has 1 unspecified atom stereocenters. The normalized spacial score (nSPS) is 16.4. The minimum absolute atomic E-state index is 0.00275. The van der Waals surface area contributed by atoms with Crippen molar-refractivity contribution in [1.82, 2.24) is 9.55 Å². The van der Waals surface area contributed by atoms with Gasteiger partial charge in [0.25, 0.3) is 5.56 Å². The van der Waals surface area contributed by atoms with E-state index in [1.807, 2.05) is 24.3 Å². The van der Waals surface area contributed by atoms with Gasteiger partial charge in [-0.1, -0.05) is 36.6 Å². The lowest BCUT2D eigenvalue weighted by atomic mass is 9.89. The molecule has 132 valence electrons. The molecule has 2 heterocycles. The molecular weight excluding hydrogens is 364 g/mol. The number of benzene rings is 1. The van der Waals surface area contributed by atoms with Gasteiger partial charge in [-0.2, -0.15) is 0 Å². The molecule has 4 rings (SSSR count). The van der Waals surface area contributed by atoms with Gasteiger partial charge in [-0.25, -0.2) is 4.98 Å². The average Bonchev–Trinajstić information content (AvgIpc) is 2.95. The van der Waals surface area contributed by atoms with Gasteiger partial charge in [-0.15, -0.1) is 17.8 Å². The zero-order valence-corrected chi connectivity index (χ0v) is 16.2. The lowest BCUT2D eigenvalue weighted by Crippen LogP contribution is -2.25. The topological polar surface area (TPSA) is 34.9 Å². The van der Waals surface area contributed by atoms with E-state index in [2.05, 4.69) is 12.8 Å². The van der Waals surface area contributed by atoms with Gasteiger partial charge < -0.3 is 0 Å². The molecule has 2 aromatic heterocycles. The summed E-state index contributed by atoms with van der Waals surface area (Å²) in [6, 6.07) is 7.64. The van der Waals surface area contributed by atoms with Gasteiger partial charge in [0, 0.05) is 16.3 Å². The van der Waals surface area contributed by atoms with Crippen molar-refractivity contribution in [3.63, 3.8) is 0 Å². The van der Waals surface area contributed by atoms with Crippen LogP contribution < -0.4 is 5.56 Å². The quantitative estimate of drug-likeness (QED) is 0.627. The van der Waals surface area contributed by atoms with Crippen molar-refractivity contribution in [2.75, 3.05) is 0 Å². The minimum Gasteiger partial charge on any atom is -0.284 e. The van der Waals surface area contributed by atoms with Gasteiger partial charge in [0.1, 0.15) is 10.7 Å². The summed E-state index contributed by atoms with van der Waals surface area (Å²) in [5.41, 5.74) is 2.21. The van der Waals surface area contributed by atoms with Crippen LogP contribution in [0.5, 0.6) is 0 Å². The second-order valence-electron chi connectivity index (χ2n) is 6.96. The number of thiophene rings is 1. The smallest absolute Gasteiger partial charge is 0.263 e. The van der Waals surface area contributed by atoms with Crippen LogP contribution in [-0.2, 0) is 25.8 Å². The molecule has 0 aliphatic heterocycles. The highest BCUT2D eigenvalue weighted by atomic mass is 35.5. The molecule has 0 N–H and O–H groups in total. The first kappa shape index (κ1) is 17.3. The zero-order chi connectivity index (χ0) is 18.3. The molecule has 0 saturated heterocycles. The highest BCUT2D eigenvalue weighted by Crippen LogP contribution is 2.36. The van der Waals surface area contributed by atoms with Crippen molar-refractivity contribution in [1.29, 1.82) is 0 Å². The molecular formula is C21H19ClN2OS. The van der Waals surface area contributed by atoms with E-state index < -0.39 is 0 Å². The Labute approximate surface area is 161 Å². The maximum atomic E-state index is 13.2. The van der Waals surface area contributed by atoms with Crippen LogP contribution in [-0.4, -0.2) is 9.55 Å². The Morgan fingerprint density at radius 3 is 3.08 bits per heavy atom. The van der Waals surface area contributed by atoms with E-state index in [0.29, 0.717) is 23.2 Å². The molecule has 0 spiro atoms. The van der Waals surface area contributed by atoms with Crippen LogP contribution in [0.25, 0.3) is 10.2 Å². The Kier molecular flexibility index (Phi) is 4.60. The first-order chi connectivity index (χ1) is 12.6. The van der Waals surface area contributed by atoms with Crippen molar-refractivity contribution in [2.24, 2.45) is 5.92 Å². The van der Waals surface area contributed by atoms with E-state index in [-0.39, 0.29) is 12.1 Å². The molecule has 1 aromatic carbocycles. The number of aryl methyl sites for hydroxylation is 1. The Morgan fingerprint density at radius 1 is 1.46 bits per heavy atom. The van der Waals surface area contributed by atoms with E-state index in [1.165, 1.54) is 10.4 Å². The standard InChI is InChI=1S/C21H19ClN2OS/c1-3-9-24-18(12-14-5-4-6-15(22)11-14)23-20-19(21(24)25)16-8-7-13(2)10-17(16)26-20/h1,4-6,11,13H,7-10,12H2,2H3. The van der Waals surface area contributed by atoms with Crippen molar-refractivity contribution < 1.29 is 0 Å². The van der Waals surface area contributed by atoms with Gasteiger partial charge in [-0.05, 0) is 48.4 Å². The largest absolute Gasteiger partial charge is 0.284 e. The Balaban J connectivity index is 1.88. The number of aromatic nitrogens is 2. The summed E-state index contributed by atoms with van der Waals surface area (Å²) in [7, 11) is 0. The molecule has 3 nitrogen and oxygen atoms in total. The third-order valence-corrected chi connectivity index (χ3v) is 6.38. The minimum atomic E-state index is -0.00275. The molecule has 0 fully saturated rings. The van der Waals surface area contributed by atoms with E-state index >= 15 is 0 Å². The summed E-state index contributed by atoms with van der Waals surface area (Å²) in [6.45, 7) is 2.50. The van der Waals surface area contributed by atoms with Crippen LogP contribution in [0.3, 0.4) is 0 Å². The number of terminal acetylenes is 1. The monoisotopic (exact) mass is 382 g/mol. The number of halogens is 1. The second kappa shape index (κ2) is 6.90. The van der Waals surface area contributed by atoms with Gasteiger partial charge in [0.2, 0.25) is 0 Å². The number of nitrogens with zero attached hydrogens (tertiary/aromatic N) is 2. The van der Waals surface area contributed by atoms with Gasteiger partial charge in [-0.3, -0.25) is 9.36 Å². The van der Waals surface area contributed by atoms with Crippen LogP contribution in [0, 0.1) is 18.3 Å². The van der Waals surface area contributed by atoms with Gasteiger partial charge >= 0.3 is 0 Å². The highest BCUT2D eigenvalue weighted by molar-refractivity contribution is 7.18. The number of rotatable bonds is 3.